The summed E-state index contributed by atoms with van der Waals surface area (Å²) in [5.74, 6) is 0.0517. The van der Waals surface area contributed by atoms with Crippen LogP contribution in [-0.4, -0.2) is 23.0 Å². The Labute approximate surface area is 111 Å². The molecule has 2 N–H and O–H groups in total. The molecule has 1 fully saturated rings. The number of nitrogens with zero attached hydrogens (tertiary/aromatic N) is 2. The average molecular weight is 261 g/mol. The van der Waals surface area contributed by atoms with Crippen molar-refractivity contribution in [2.75, 3.05) is 18.9 Å². The van der Waals surface area contributed by atoms with Crippen LogP contribution in [0, 0.1) is 5.82 Å². The van der Waals surface area contributed by atoms with Crippen LogP contribution in [0.1, 0.15) is 23.6 Å². The van der Waals surface area contributed by atoms with Gasteiger partial charge in [0, 0.05) is 18.7 Å². The summed E-state index contributed by atoms with van der Waals surface area (Å²) in [5, 5.41) is 4.51. The number of ether oxygens (including phenoxy) is 1. The Bertz CT molecular complexity index is 576. The third-order valence-corrected chi connectivity index (χ3v) is 3.37. The number of benzene rings is 1. The topological polar surface area (TPSA) is 53.1 Å². The monoisotopic (exact) mass is 261 g/mol. The first-order valence-corrected chi connectivity index (χ1v) is 6.37. The van der Waals surface area contributed by atoms with Crippen molar-refractivity contribution < 1.29 is 9.13 Å². The molecule has 0 amide bonds. The van der Waals surface area contributed by atoms with Gasteiger partial charge in [-0.2, -0.15) is 5.10 Å². The Balaban J connectivity index is 1.80. The third-order valence-electron chi connectivity index (χ3n) is 3.37. The second-order valence-electron chi connectivity index (χ2n) is 4.86. The highest BCUT2D eigenvalue weighted by Crippen LogP contribution is 2.28. The number of rotatable bonds is 3. The fraction of sp³-hybridized carbons (Fsp3) is 0.357. The van der Waals surface area contributed by atoms with E-state index in [4.69, 9.17) is 10.5 Å². The lowest BCUT2D eigenvalue weighted by atomic mass is 10.0. The van der Waals surface area contributed by atoms with Crippen molar-refractivity contribution in [2.24, 2.45) is 0 Å². The van der Waals surface area contributed by atoms with Crippen LogP contribution in [-0.2, 0) is 11.3 Å². The van der Waals surface area contributed by atoms with Crippen LogP contribution in [0.5, 0.6) is 0 Å². The Morgan fingerprint density at radius 2 is 2.37 bits per heavy atom. The Morgan fingerprint density at radius 1 is 1.47 bits per heavy atom. The molecule has 3 rings (SSSR count). The maximum absolute atomic E-state index is 13.1. The average Bonchev–Trinajstić information content (AvgIpc) is 2.98. The lowest BCUT2D eigenvalue weighted by molar-refractivity contribution is 0.193. The standard InChI is InChI=1S/C14H16FN3O/c15-12-3-1-2-10(6-12)7-18-8-13(16)14(17-18)11-4-5-19-9-11/h1-3,6,8,11H,4-5,7,9,16H2. The van der Waals surface area contributed by atoms with Crippen molar-refractivity contribution >= 4 is 5.69 Å². The van der Waals surface area contributed by atoms with Crippen molar-refractivity contribution in [3.63, 3.8) is 0 Å². The highest BCUT2D eigenvalue weighted by atomic mass is 19.1. The fourth-order valence-corrected chi connectivity index (χ4v) is 2.42. The molecule has 0 bridgehead atoms. The molecule has 1 aromatic carbocycles. The van der Waals surface area contributed by atoms with E-state index in [-0.39, 0.29) is 11.7 Å². The van der Waals surface area contributed by atoms with Gasteiger partial charge in [-0.25, -0.2) is 4.39 Å². The van der Waals surface area contributed by atoms with Crippen molar-refractivity contribution in [1.82, 2.24) is 9.78 Å². The summed E-state index contributed by atoms with van der Waals surface area (Å²) in [6.07, 6.45) is 2.76. The SMILES string of the molecule is Nc1cn(Cc2cccc(F)c2)nc1C1CCOC1. The molecule has 2 heterocycles. The van der Waals surface area contributed by atoms with Gasteiger partial charge in [0.15, 0.2) is 0 Å². The number of hydrogen-bond acceptors (Lipinski definition) is 3. The lowest BCUT2D eigenvalue weighted by Crippen LogP contribution is -2.04. The molecular weight excluding hydrogens is 245 g/mol. The molecule has 100 valence electrons. The summed E-state index contributed by atoms with van der Waals surface area (Å²) in [6.45, 7) is 1.97. The van der Waals surface area contributed by atoms with Crippen molar-refractivity contribution in [3.8, 4) is 0 Å². The zero-order chi connectivity index (χ0) is 13.2. The summed E-state index contributed by atoms with van der Waals surface area (Å²) in [6, 6.07) is 6.51. The van der Waals surface area contributed by atoms with E-state index in [1.807, 2.05) is 6.07 Å². The normalized spacial score (nSPS) is 18.9. The molecule has 4 nitrogen and oxygen atoms in total. The zero-order valence-electron chi connectivity index (χ0n) is 10.6. The first-order chi connectivity index (χ1) is 9.22. The van der Waals surface area contributed by atoms with Crippen LogP contribution < -0.4 is 5.73 Å². The van der Waals surface area contributed by atoms with Gasteiger partial charge in [-0.15, -0.1) is 0 Å². The molecule has 1 aliphatic rings. The largest absolute Gasteiger partial charge is 0.396 e. The van der Waals surface area contributed by atoms with Gasteiger partial charge in [0.05, 0.1) is 24.5 Å². The molecule has 1 unspecified atom stereocenters. The zero-order valence-corrected chi connectivity index (χ0v) is 10.6. The Kier molecular flexibility index (Phi) is 3.21. The molecular formula is C14H16FN3O. The summed E-state index contributed by atoms with van der Waals surface area (Å²) >= 11 is 0. The van der Waals surface area contributed by atoms with Gasteiger partial charge in [0.2, 0.25) is 0 Å². The minimum atomic E-state index is -0.234. The second-order valence-corrected chi connectivity index (χ2v) is 4.86. The van der Waals surface area contributed by atoms with E-state index in [0.29, 0.717) is 18.8 Å². The van der Waals surface area contributed by atoms with Crippen molar-refractivity contribution in [3.05, 3.63) is 47.5 Å². The molecule has 1 aliphatic heterocycles. The molecule has 0 saturated carbocycles. The number of hydrogen-bond donors (Lipinski definition) is 1. The van der Waals surface area contributed by atoms with Crippen LogP contribution >= 0.6 is 0 Å². The van der Waals surface area contributed by atoms with E-state index in [1.165, 1.54) is 12.1 Å². The summed E-state index contributed by atoms with van der Waals surface area (Å²) in [4.78, 5) is 0. The van der Waals surface area contributed by atoms with Gasteiger partial charge in [0.1, 0.15) is 5.82 Å². The maximum Gasteiger partial charge on any atom is 0.123 e. The molecule has 2 aromatic rings. The van der Waals surface area contributed by atoms with E-state index in [1.54, 1.807) is 16.9 Å². The van der Waals surface area contributed by atoms with E-state index in [0.717, 1.165) is 24.3 Å². The van der Waals surface area contributed by atoms with E-state index in [9.17, 15) is 4.39 Å². The minimum Gasteiger partial charge on any atom is -0.396 e. The third kappa shape index (κ3) is 2.61. The quantitative estimate of drug-likeness (QED) is 0.921. The first kappa shape index (κ1) is 12.2. The molecule has 1 atom stereocenters. The molecule has 19 heavy (non-hydrogen) atoms. The van der Waals surface area contributed by atoms with Gasteiger partial charge >= 0.3 is 0 Å². The molecule has 0 radical (unpaired) electrons. The van der Waals surface area contributed by atoms with Gasteiger partial charge < -0.3 is 10.5 Å². The molecule has 0 aliphatic carbocycles. The van der Waals surface area contributed by atoms with Gasteiger partial charge in [0.25, 0.3) is 0 Å². The smallest absolute Gasteiger partial charge is 0.123 e. The second kappa shape index (κ2) is 5.01. The summed E-state index contributed by atoms with van der Waals surface area (Å²) in [5.41, 5.74) is 8.45. The van der Waals surface area contributed by atoms with Crippen molar-refractivity contribution in [2.45, 2.75) is 18.9 Å². The van der Waals surface area contributed by atoms with E-state index >= 15 is 0 Å². The lowest BCUT2D eigenvalue weighted by Gasteiger charge is -2.04. The Hall–Kier alpha value is -1.88. The predicted molar refractivity (Wildman–Crippen MR) is 70.3 cm³/mol. The number of halogens is 1. The Morgan fingerprint density at radius 3 is 3.11 bits per heavy atom. The van der Waals surface area contributed by atoms with E-state index < -0.39 is 0 Å². The number of anilines is 1. The van der Waals surface area contributed by atoms with Crippen LogP contribution in [0.3, 0.4) is 0 Å². The van der Waals surface area contributed by atoms with Gasteiger partial charge in [-0.05, 0) is 24.1 Å². The minimum absolute atomic E-state index is 0.234. The number of aromatic nitrogens is 2. The summed E-state index contributed by atoms with van der Waals surface area (Å²) in [7, 11) is 0. The van der Waals surface area contributed by atoms with Crippen LogP contribution in [0.15, 0.2) is 30.5 Å². The number of nitrogens with two attached hydrogens (primary N) is 1. The van der Waals surface area contributed by atoms with Crippen LogP contribution in [0.25, 0.3) is 0 Å². The highest BCUT2D eigenvalue weighted by Gasteiger charge is 2.23. The molecule has 1 saturated heterocycles. The van der Waals surface area contributed by atoms with Crippen LogP contribution in [0.4, 0.5) is 10.1 Å². The van der Waals surface area contributed by atoms with Gasteiger partial charge in [-0.1, -0.05) is 12.1 Å². The predicted octanol–water partition coefficient (Wildman–Crippen LogP) is 2.16. The fourth-order valence-electron chi connectivity index (χ4n) is 2.42. The highest BCUT2D eigenvalue weighted by molar-refractivity contribution is 5.43. The van der Waals surface area contributed by atoms with Crippen LogP contribution in [0.2, 0.25) is 0 Å². The maximum atomic E-state index is 13.1. The summed E-state index contributed by atoms with van der Waals surface area (Å²) < 4.78 is 20.2. The molecule has 0 spiro atoms. The van der Waals surface area contributed by atoms with Crippen molar-refractivity contribution in [1.29, 1.82) is 0 Å². The first-order valence-electron chi connectivity index (χ1n) is 6.37. The number of nitrogen functional groups attached to an aromatic ring is 1. The molecule has 1 aromatic heterocycles. The molecule has 5 heteroatoms. The van der Waals surface area contributed by atoms with Gasteiger partial charge in [-0.3, -0.25) is 4.68 Å². The van der Waals surface area contributed by atoms with E-state index in [2.05, 4.69) is 5.10 Å².